The van der Waals surface area contributed by atoms with Crippen LogP contribution in [0.2, 0.25) is 0 Å². The van der Waals surface area contributed by atoms with Gasteiger partial charge in [-0.05, 0) is 18.6 Å². The second-order valence-electron chi connectivity index (χ2n) is 9.10. The molecule has 0 aliphatic carbocycles. The van der Waals surface area contributed by atoms with Crippen LogP contribution in [-0.4, -0.2) is 47.7 Å². The molecule has 0 unspecified atom stereocenters. The van der Waals surface area contributed by atoms with Crippen LogP contribution in [0, 0.1) is 0 Å². The summed E-state index contributed by atoms with van der Waals surface area (Å²) in [7, 11) is 0. The highest BCUT2D eigenvalue weighted by atomic mass is 16.5. The number of aromatic amines is 1. The molecular weight excluding hydrogens is 432 g/mol. The normalized spacial score (nSPS) is 14.3. The van der Waals surface area contributed by atoms with Gasteiger partial charge in [-0.1, -0.05) is 80.1 Å². The summed E-state index contributed by atoms with van der Waals surface area (Å²) in [6.45, 7) is 7.79. The molecule has 1 fully saturated rings. The fraction of sp³-hybridized carbons (Fsp3) is 0.300. The van der Waals surface area contributed by atoms with Crippen LogP contribution in [0.1, 0.15) is 25.6 Å². The Labute approximate surface area is 208 Å². The third-order valence-electron chi connectivity index (χ3n) is 6.56. The van der Waals surface area contributed by atoms with Crippen LogP contribution in [0.25, 0.3) is 22.5 Å². The Bertz CT molecular complexity index is 1140. The van der Waals surface area contributed by atoms with Gasteiger partial charge in [0.05, 0.1) is 24.5 Å². The molecule has 1 aliphatic rings. The lowest BCUT2D eigenvalue weighted by Gasteiger charge is -2.35. The lowest BCUT2D eigenvalue weighted by Crippen LogP contribution is -2.46. The maximum absolute atomic E-state index is 5.91. The Kier molecular flexibility index (Phi) is 7.44. The van der Waals surface area contributed by atoms with Crippen molar-refractivity contribution >= 4 is 5.69 Å². The predicted octanol–water partition coefficient (Wildman–Crippen LogP) is 6.24. The Morgan fingerprint density at radius 1 is 0.829 bits per heavy atom. The summed E-state index contributed by atoms with van der Waals surface area (Å²) in [4.78, 5) is 13.6. The van der Waals surface area contributed by atoms with Crippen LogP contribution < -0.4 is 9.64 Å². The fourth-order valence-electron chi connectivity index (χ4n) is 4.60. The van der Waals surface area contributed by atoms with Crippen molar-refractivity contribution in [2.75, 3.05) is 37.7 Å². The van der Waals surface area contributed by atoms with E-state index in [0.29, 0.717) is 0 Å². The van der Waals surface area contributed by atoms with Crippen molar-refractivity contribution in [3.05, 3.63) is 90.8 Å². The minimum Gasteiger partial charge on any atom is -0.494 e. The number of nitrogens with zero attached hydrogens (tertiary/aromatic N) is 3. The lowest BCUT2D eigenvalue weighted by molar-refractivity contribution is 0.244. The Morgan fingerprint density at radius 3 is 2.26 bits per heavy atom. The van der Waals surface area contributed by atoms with E-state index in [1.165, 1.54) is 5.69 Å². The van der Waals surface area contributed by atoms with Gasteiger partial charge in [0.1, 0.15) is 11.6 Å². The number of H-pyrrole nitrogens is 1. The van der Waals surface area contributed by atoms with Crippen molar-refractivity contribution in [1.82, 2.24) is 14.9 Å². The van der Waals surface area contributed by atoms with Crippen LogP contribution in [0.5, 0.6) is 5.75 Å². The minimum absolute atomic E-state index is 0.785. The zero-order chi connectivity index (χ0) is 23.9. The van der Waals surface area contributed by atoms with Crippen LogP contribution >= 0.6 is 0 Å². The van der Waals surface area contributed by atoms with E-state index >= 15 is 0 Å². The zero-order valence-corrected chi connectivity index (χ0v) is 20.5. The summed E-state index contributed by atoms with van der Waals surface area (Å²) in [6, 6.07) is 29.5. The van der Waals surface area contributed by atoms with Crippen molar-refractivity contribution in [3.63, 3.8) is 0 Å². The summed E-state index contributed by atoms with van der Waals surface area (Å²) in [5.41, 5.74) is 5.65. The van der Waals surface area contributed by atoms with Gasteiger partial charge in [0.15, 0.2) is 0 Å². The fourth-order valence-corrected chi connectivity index (χ4v) is 4.60. The van der Waals surface area contributed by atoms with Crippen LogP contribution in [-0.2, 0) is 6.54 Å². The van der Waals surface area contributed by atoms with E-state index in [1.807, 2.05) is 6.07 Å². The number of aromatic nitrogens is 2. The second-order valence-corrected chi connectivity index (χ2v) is 9.10. The van der Waals surface area contributed by atoms with Gasteiger partial charge in [-0.3, -0.25) is 4.90 Å². The van der Waals surface area contributed by atoms with Gasteiger partial charge < -0.3 is 14.6 Å². The van der Waals surface area contributed by atoms with Gasteiger partial charge in [-0.15, -0.1) is 0 Å². The maximum atomic E-state index is 5.91. The van der Waals surface area contributed by atoms with Crippen LogP contribution in [0.4, 0.5) is 5.69 Å². The molecule has 0 amide bonds. The van der Waals surface area contributed by atoms with Crippen molar-refractivity contribution in [2.24, 2.45) is 0 Å². The molecule has 0 radical (unpaired) electrons. The van der Waals surface area contributed by atoms with E-state index in [2.05, 4.69) is 101 Å². The number of piperazine rings is 1. The standard InChI is InChI=1S/C30H34N4O/c1-2-3-21-35-27-16-10-15-26(22-27)34-19-17-33(18-20-34)23-28-31-29(24-11-6-4-7-12-24)30(32-28)25-13-8-5-9-14-25/h4-16,22H,2-3,17-21,23H2,1H3,(H,31,32). The monoisotopic (exact) mass is 466 g/mol. The van der Waals surface area contributed by atoms with Gasteiger partial charge >= 0.3 is 0 Å². The number of hydrogen-bond donors (Lipinski definition) is 1. The number of rotatable bonds is 9. The van der Waals surface area contributed by atoms with E-state index in [1.54, 1.807) is 0 Å². The van der Waals surface area contributed by atoms with Crippen molar-refractivity contribution in [3.8, 4) is 28.3 Å². The third kappa shape index (κ3) is 5.75. The number of imidazole rings is 1. The zero-order valence-electron chi connectivity index (χ0n) is 20.5. The quantitative estimate of drug-likeness (QED) is 0.296. The molecule has 1 aromatic heterocycles. The number of hydrogen-bond acceptors (Lipinski definition) is 4. The van der Waals surface area contributed by atoms with E-state index in [-0.39, 0.29) is 0 Å². The molecular formula is C30H34N4O. The summed E-state index contributed by atoms with van der Waals surface area (Å²) in [6.07, 6.45) is 2.24. The van der Waals surface area contributed by atoms with Crippen LogP contribution in [0.3, 0.4) is 0 Å². The highest BCUT2D eigenvalue weighted by Crippen LogP contribution is 2.30. The van der Waals surface area contributed by atoms with Crippen LogP contribution in [0.15, 0.2) is 84.9 Å². The van der Waals surface area contributed by atoms with E-state index < -0.39 is 0 Å². The predicted molar refractivity (Wildman–Crippen MR) is 144 cm³/mol. The molecule has 180 valence electrons. The molecule has 5 rings (SSSR count). The maximum Gasteiger partial charge on any atom is 0.121 e. The molecule has 3 aromatic carbocycles. The van der Waals surface area contributed by atoms with Gasteiger partial charge in [0, 0.05) is 49.1 Å². The average Bonchev–Trinajstić information content (AvgIpc) is 3.34. The molecule has 1 aliphatic heterocycles. The number of nitrogens with one attached hydrogen (secondary N) is 1. The molecule has 4 aromatic rings. The van der Waals surface area contributed by atoms with E-state index in [9.17, 15) is 0 Å². The summed E-state index contributed by atoms with van der Waals surface area (Å²) < 4.78 is 5.91. The summed E-state index contributed by atoms with van der Waals surface area (Å²) in [5.74, 6) is 1.98. The first-order valence-electron chi connectivity index (χ1n) is 12.7. The first kappa shape index (κ1) is 23.2. The highest BCUT2D eigenvalue weighted by Gasteiger charge is 2.20. The van der Waals surface area contributed by atoms with Gasteiger partial charge in [-0.2, -0.15) is 0 Å². The Hall–Kier alpha value is -3.57. The smallest absolute Gasteiger partial charge is 0.121 e. The minimum atomic E-state index is 0.785. The Morgan fingerprint density at radius 2 is 1.54 bits per heavy atom. The van der Waals surface area contributed by atoms with Crippen molar-refractivity contribution in [1.29, 1.82) is 0 Å². The topological polar surface area (TPSA) is 44.4 Å². The SMILES string of the molecule is CCCCOc1cccc(N2CCN(Cc3nc(-c4ccccc4)c(-c4ccccc4)[nH]3)CC2)c1. The van der Waals surface area contributed by atoms with Gasteiger partial charge in [0.2, 0.25) is 0 Å². The molecule has 0 saturated carbocycles. The molecule has 0 bridgehead atoms. The highest BCUT2D eigenvalue weighted by molar-refractivity contribution is 5.78. The van der Waals surface area contributed by atoms with Gasteiger partial charge in [0.25, 0.3) is 0 Å². The van der Waals surface area contributed by atoms with Crippen molar-refractivity contribution < 1.29 is 4.74 Å². The second kappa shape index (κ2) is 11.2. The lowest BCUT2D eigenvalue weighted by atomic mass is 10.1. The molecule has 0 atom stereocenters. The summed E-state index contributed by atoms with van der Waals surface area (Å²) in [5, 5.41) is 0. The number of anilines is 1. The molecule has 2 heterocycles. The largest absolute Gasteiger partial charge is 0.494 e. The summed E-state index contributed by atoms with van der Waals surface area (Å²) >= 11 is 0. The first-order chi connectivity index (χ1) is 17.3. The molecule has 1 saturated heterocycles. The van der Waals surface area contributed by atoms with E-state index in [0.717, 1.165) is 86.3 Å². The number of ether oxygens (including phenoxy) is 1. The molecule has 5 heteroatoms. The molecule has 0 spiro atoms. The average molecular weight is 467 g/mol. The number of benzene rings is 3. The van der Waals surface area contributed by atoms with Gasteiger partial charge in [-0.25, -0.2) is 4.98 Å². The van der Waals surface area contributed by atoms with E-state index in [4.69, 9.17) is 9.72 Å². The molecule has 5 nitrogen and oxygen atoms in total. The Balaban J connectivity index is 1.26. The molecule has 1 N–H and O–H groups in total. The number of unbranched alkanes of at least 4 members (excludes halogenated alkanes) is 1. The molecule has 35 heavy (non-hydrogen) atoms. The third-order valence-corrected chi connectivity index (χ3v) is 6.56. The van der Waals surface area contributed by atoms with Crippen molar-refractivity contribution in [2.45, 2.75) is 26.3 Å². The first-order valence-corrected chi connectivity index (χ1v) is 12.7.